The molecule has 0 saturated carbocycles. The summed E-state index contributed by atoms with van der Waals surface area (Å²) in [5.41, 5.74) is 3.46. The molecule has 3 aliphatic heterocycles. The summed E-state index contributed by atoms with van der Waals surface area (Å²) in [6, 6.07) is 5.57. The van der Waals surface area contributed by atoms with Crippen LogP contribution in [0.5, 0.6) is 0 Å². The molecule has 0 bridgehead atoms. The standard InChI is InChI=1S/C19H24N5O2/c1-11-6-12(2)8-14(7-11)23-9-13(3)10-24-15-16(20-18(23)24)21(4)19(26)22(5)17(15)25/h6-8,13,15H,9-10H2,1-5H3/q+1. The van der Waals surface area contributed by atoms with E-state index in [1.54, 1.807) is 7.05 Å². The van der Waals surface area contributed by atoms with Crippen LogP contribution in [0.3, 0.4) is 0 Å². The first kappa shape index (κ1) is 16.8. The Balaban J connectivity index is 1.84. The number of amidine groups is 1. The normalized spacial score (nSPS) is 25.6. The van der Waals surface area contributed by atoms with Crippen molar-refractivity contribution in [3.8, 4) is 0 Å². The van der Waals surface area contributed by atoms with Crippen molar-refractivity contribution < 1.29 is 14.2 Å². The van der Waals surface area contributed by atoms with Crippen molar-refractivity contribution in [1.29, 1.82) is 0 Å². The van der Waals surface area contributed by atoms with Crippen LogP contribution in [0, 0.1) is 19.8 Å². The number of carbonyl (C=O) groups excluding carboxylic acids is 2. The third-order valence-corrected chi connectivity index (χ3v) is 5.27. The largest absolute Gasteiger partial charge is 0.397 e. The van der Waals surface area contributed by atoms with Gasteiger partial charge in [-0.25, -0.2) is 14.3 Å². The number of aliphatic imine (C=N–C) groups is 1. The van der Waals surface area contributed by atoms with Crippen LogP contribution in [0.15, 0.2) is 23.2 Å². The minimum Gasteiger partial charge on any atom is -0.270 e. The molecule has 26 heavy (non-hydrogen) atoms. The maximum Gasteiger partial charge on any atom is 0.397 e. The average molecular weight is 354 g/mol. The van der Waals surface area contributed by atoms with Gasteiger partial charge in [0, 0.05) is 20.0 Å². The number of hydrogen-bond donors (Lipinski definition) is 0. The summed E-state index contributed by atoms with van der Waals surface area (Å²) in [5.74, 6) is 1.44. The first-order valence-corrected chi connectivity index (χ1v) is 8.91. The van der Waals surface area contributed by atoms with E-state index in [0.29, 0.717) is 11.8 Å². The predicted molar refractivity (Wildman–Crippen MR) is 99.7 cm³/mol. The summed E-state index contributed by atoms with van der Waals surface area (Å²) in [6.07, 6.45) is 0. The molecule has 0 aliphatic carbocycles. The van der Waals surface area contributed by atoms with E-state index < -0.39 is 6.04 Å². The number of fused-ring (bicyclic) bond motifs is 2. The molecule has 2 atom stereocenters. The van der Waals surface area contributed by atoms with Gasteiger partial charge in [-0.3, -0.25) is 14.6 Å². The van der Waals surface area contributed by atoms with Crippen molar-refractivity contribution in [2.24, 2.45) is 10.9 Å². The second-order valence-corrected chi connectivity index (χ2v) is 7.63. The Morgan fingerprint density at radius 3 is 2.38 bits per heavy atom. The minimum absolute atomic E-state index is 0.212. The SMILES string of the molecule is Cc1cc(C)cc(N2CC(C)C[N+]3=C2N=C2C3C(=O)N(C)C(=O)N2C)c1. The van der Waals surface area contributed by atoms with Gasteiger partial charge in [0.25, 0.3) is 5.91 Å². The van der Waals surface area contributed by atoms with Gasteiger partial charge in [0.05, 0.1) is 13.1 Å². The molecule has 0 aromatic heterocycles. The summed E-state index contributed by atoms with van der Waals surface area (Å²) in [7, 11) is 3.21. The van der Waals surface area contributed by atoms with Crippen LogP contribution in [-0.2, 0) is 4.79 Å². The molecule has 0 radical (unpaired) electrons. The van der Waals surface area contributed by atoms with E-state index >= 15 is 0 Å². The molecule has 7 nitrogen and oxygen atoms in total. The summed E-state index contributed by atoms with van der Waals surface area (Å²) in [6.45, 7) is 7.92. The number of aryl methyl sites for hydroxylation is 2. The molecule has 3 amide bonds. The fourth-order valence-electron chi connectivity index (χ4n) is 4.10. The van der Waals surface area contributed by atoms with Crippen LogP contribution in [0.4, 0.5) is 10.5 Å². The number of benzene rings is 1. The quantitative estimate of drug-likeness (QED) is 0.717. The van der Waals surface area contributed by atoms with Gasteiger partial charge in [0.15, 0.2) is 0 Å². The van der Waals surface area contributed by atoms with Gasteiger partial charge in [-0.2, -0.15) is 0 Å². The Bertz CT molecular complexity index is 868. The minimum atomic E-state index is -0.520. The Morgan fingerprint density at radius 1 is 1.08 bits per heavy atom. The fraction of sp³-hybridized carbons (Fsp3) is 0.474. The van der Waals surface area contributed by atoms with E-state index in [1.165, 1.54) is 28.0 Å². The van der Waals surface area contributed by atoms with Gasteiger partial charge in [0.1, 0.15) is 5.69 Å². The number of amides is 3. The fourth-order valence-corrected chi connectivity index (χ4v) is 4.10. The number of nitrogens with zero attached hydrogens (tertiary/aromatic N) is 5. The van der Waals surface area contributed by atoms with Gasteiger partial charge in [-0.15, -0.1) is 0 Å². The molecule has 0 spiro atoms. The van der Waals surface area contributed by atoms with Gasteiger partial charge in [-0.05, 0) is 37.1 Å². The highest BCUT2D eigenvalue weighted by Crippen LogP contribution is 2.28. The van der Waals surface area contributed by atoms with Crippen molar-refractivity contribution in [2.75, 3.05) is 32.1 Å². The first-order chi connectivity index (χ1) is 12.3. The molecule has 1 saturated heterocycles. The Morgan fingerprint density at radius 2 is 1.73 bits per heavy atom. The highest BCUT2D eigenvalue weighted by Gasteiger charge is 2.54. The summed E-state index contributed by atoms with van der Waals surface area (Å²) >= 11 is 0. The zero-order valence-corrected chi connectivity index (χ0v) is 15.9. The molecule has 0 N–H and O–H groups in total. The number of anilines is 1. The van der Waals surface area contributed by atoms with Gasteiger partial charge >= 0.3 is 12.0 Å². The van der Waals surface area contributed by atoms with Crippen LogP contribution < -0.4 is 4.90 Å². The van der Waals surface area contributed by atoms with E-state index in [0.717, 1.165) is 24.7 Å². The Labute approximate surface area is 153 Å². The molecule has 7 heteroatoms. The molecule has 3 aliphatic rings. The highest BCUT2D eigenvalue weighted by atomic mass is 16.2. The topological polar surface area (TPSA) is 59.2 Å². The number of rotatable bonds is 1. The molecule has 4 rings (SSSR count). The monoisotopic (exact) mass is 354 g/mol. The van der Waals surface area contributed by atoms with E-state index in [9.17, 15) is 9.59 Å². The summed E-state index contributed by atoms with van der Waals surface area (Å²) < 4.78 is 2.04. The predicted octanol–water partition coefficient (Wildman–Crippen LogP) is 1.43. The van der Waals surface area contributed by atoms with Crippen molar-refractivity contribution in [1.82, 2.24) is 9.80 Å². The van der Waals surface area contributed by atoms with Gasteiger partial charge in [-0.1, -0.05) is 18.0 Å². The lowest BCUT2D eigenvalue weighted by Gasteiger charge is -2.33. The molecule has 136 valence electrons. The molecule has 1 fully saturated rings. The average Bonchev–Trinajstić information content (AvgIpc) is 2.95. The lowest BCUT2D eigenvalue weighted by atomic mass is 10.1. The van der Waals surface area contributed by atoms with Crippen LogP contribution >= 0.6 is 0 Å². The summed E-state index contributed by atoms with van der Waals surface area (Å²) in [5, 5.41) is 0. The first-order valence-electron chi connectivity index (χ1n) is 8.91. The third-order valence-electron chi connectivity index (χ3n) is 5.27. The lowest BCUT2D eigenvalue weighted by molar-refractivity contribution is -0.545. The van der Waals surface area contributed by atoms with Crippen LogP contribution in [0.2, 0.25) is 0 Å². The van der Waals surface area contributed by atoms with Gasteiger partial charge in [0.2, 0.25) is 11.9 Å². The zero-order chi connectivity index (χ0) is 18.7. The zero-order valence-electron chi connectivity index (χ0n) is 15.9. The third kappa shape index (κ3) is 2.34. The maximum atomic E-state index is 12.8. The van der Waals surface area contributed by atoms with Crippen LogP contribution in [-0.4, -0.2) is 71.3 Å². The highest BCUT2D eigenvalue weighted by molar-refractivity contribution is 6.23. The van der Waals surface area contributed by atoms with Crippen molar-refractivity contribution in [3.63, 3.8) is 0 Å². The van der Waals surface area contributed by atoms with E-state index in [-0.39, 0.29) is 11.9 Å². The Hall–Kier alpha value is -2.70. The van der Waals surface area contributed by atoms with Gasteiger partial charge < -0.3 is 0 Å². The molecule has 1 aromatic carbocycles. The molecule has 1 aromatic rings. The smallest absolute Gasteiger partial charge is 0.270 e. The van der Waals surface area contributed by atoms with Crippen molar-refractivity contribution in [3.05, 3.63) is 29.3 Å². The van der Waals surface area contributed by atoms with Crippen LogP contribution in [0.25, 0.3) is 0 Å². The number of urea groups is 1. The number of likely N-dealkylation sites (N-methyl/N-ethyl adjacent to an activating group) is 2. The molecule has 2 unspecified atom stereocenters. The second-order valence-electron chi connectivity index (χ2n) is 7.63. The van der Waals surface area contributed by atoms with E-state index in [4.69, 9.17) is 4.99 Å². The molecular formula is C19H24N5O2+. The van der Waals surface area contributed by atoms with Crippen LogP contribution in [0.1, 0.15) is 18.1 Å². The van der Waals surface area contributed by atoms with E-state index in [1.807, 2.05) is 4.58 Å². The number of carbonyl (C=O) groups is 2. The van der Waals surface area contributed by atoms with Crippen molar-refractivity contribution in [2.45, 2.75) is 26.8 Å². The number of guanidine groups is 1. The maximum absolute atomic E-state index is 12.8. The summed E-state index contributed by atoms with van der Waals surface area (Å²) in [4.78, 5) is 34.7. The van der Waals surface area contributed by atoms with E-state index in [2.05, 4.69) is 43.9 Å². The van der Waals surface area contributed by atoms with Crippen molar-refractivity contribution >= 4 is 29.4 Å². The number of imide groups is 1. The number of hydrogen-bond acceptors (Lipinski definition) is 4. The molecule has 3 heterocycles. The second kappa shape index (κ2) is 5.65. The lowest BCUT2D eigenvalue weighted by Crippen LogP contribution is -2.62. The molecular weight excluding hydrogens is 330 g/mol. The Kier molecular flexibility index (Phi) is 3.64.